The summed E-state index contributed by atoms with van der Waals surface area (Å²) in [4.78, 5) is 0. The van der Waals surface area contributed by atoms with Crippen LogP contribution in [-0.2, 0) is 10.3 Å². The lowest BCUT2D eigenvalue weighted by Crippen LogP contribution is -2.34. The minimum Gasteiger partial charge on any atom is -0.457 e. The van der Waals surface area contributed by atoms with Gasteiger partial charge >= 0.3 is 0 Å². The maximum Gasteiger partial charge on any atom is 0.145 e. The number of fused-ring (bicyclic) bond motifs is 4. The first-order valence-electron chi connectivity index (χ1n) is 10.9. The summed E-state index contributed by atoms with van der Waals surface area (Å²) in [5.74, 6) is 1.74. The van der Waals surface area contributed by atoms with E-state index in [1.54, 1.807) is 0 Å². The van der Waals surface area contributed by atoms with Crippen molar-refractivity contribution in [1.82, 2.24) is 0 Å². The topological polar surface area (TPSA) is 18.5 Å². The zero-order valence-electron chi connectivity index (χ0n) is 19.6. The highest BCUT2D eigenvalue weighted by atomic mass is 16.5. The zero-order chi connectivity index (χ0) is 21.8. The summed E-state index contributed by atoms with van der Waals surface area (Å²) in [5, 5.41) is 0. The maximum atomic E-state index is 6.44. The van der Waals surface area contributed by atoms with Crippen molar-refractivity contribution in [3.8, 4) is 11.5 Å². The molecule has 0 saturated carbocycles. The van der Waals surface area contributed by atoms with Crippen LogP contribution in [0.4, 0.5) is 0 Å². The van der Waals surface area contributed by atoms with E-state index in [1.165, 1.54) is 0 Å². The van der Waals surface area contributed by atoms with Crippen molar-refractivity contribution in [3.05, 3.63) is 71.8 Å². The van der Waals surface area contributed by atoms with Gasteiger partial charge in [0.1, 0.15) is 17.1 Å². The monoisotopic (exact) mass is 384 g/mol. The van der Waals surface area contributed by atoms with E-state index in [1.807, 2.05) is 91.8 Å². The standard InChI is InChI=1S/C18H16O2.4C2H6/c1-17(2)11-12-18(20-17)13-7-3-5-9-15(13)19-16-10-6-4-8-14(16)18;4*1-2/h3-12H,1-2H3;4*1-2H3. The minimum absolute atomic E-state index is 0.280. The first kappa shape index (κ1) is 25.9. The second kappa shape index (κ2) is 12.4. The number of hydrogen-bond donors (Lipinski definition) is 0. The Kier molecular flexibility index (Phi) is 11.5. The van der Waals surface area contributed by atoms with Crippen molar-refractivity contribution >= 4 is 0 Å². The fraction of sp³-hybridized carbons (Fsp3) is 0.462. The molecule has 2 aliphatic rings. The summed E-state index contributed by atoms with van der Waals surface area (Å²) in [6, 6.07) is 16.2. The Bertz CT molecular complexity index is 668. The molecule has 0 aliphatic carbocycles. The number of hydrogen-bond acceptors (Lipinski definition) is 2. The van der Waals surface area contributed by atoms with E-state index in [4.69, 9.17) is 9.47 Å². The van der Waals surface area contributed by atoms with E-state index in [0.29, 0.717) is 0 Å². The molecule has 0 atom stereocenters. The summed E-state index contributed by atoms with van der Waals surface area (Å²) in [5.41, 5.74) is 1.33. The van der Waals surface area contributed by atoms with Gasteiger partial charge in [-0.25, -0.2) is 0 Å². The summed E-state index contributed by atoms with van der Waals surface area (Å²) in [7, 11) is 0. The molecule has 0 aromatic heterocycles. The third-order valence-electron chi connectivity index (χ3n) is 3.94. The van der Waals surface area contributed by atoms with Gasteiger partial charge in [0.2, 0.25) is 0 Å². The van der Waals surface area contributed by atoms with Crippen molar-refractivity contribution in [1.29, 1.82) is 0 Å². The van der Waals surface area contributed by atoms with Crippen molar-refractivity contribution in [2.24, 2.45) is 0 Å². The molecule has 28 heavy (non-hydrogen) atoms. The second-order valence-corrected chi connectivity index (χ2v) is 5.87. The Labute approximate surface area is 173 Å². The average molecular weight is 385 g/mol. The van der Waals surface area contributed by atoms with Gasteiger partial charge in [-0.2, -0.15) is 0 Å². The quantitative estimate of drug-likeness (QED) is 0.424. The van der Waals surface area contributed by atoms with Gasteiger partial charge in [-0.1, -0.05) is 97.9 Å². The predicted octanol–water partition coefficient (Wildman–Crippen LogP) is 8.51. The molecular formula is C26H40O2. The molecule has 2 aromatic carbocycles. The third kappa shape index (κ3) is 5.26. The van der Waals surface area contributed by atoms with Crippen LogP contribution < -0.4 is 4.74 Å². The molecule has 0 bridgehead atoms. The second-order valence-electron chi connectivity index (χ2n) is 5.87. The normalized spacial score (nSPS) is 15.4. The van der Waals surface area contributed by atoms with Crippen LogP contribution in [0.25, 0.3) is 0 Å². The molecule has 0 saturated heterocycles. The predicted molar refractivity (Wildman–Crippen MR) is 123 cm³/mol. The van der Waals surface area contributed by atoms with Crippen molar-refractivity contribution in [2.75, 3.05) is 0 Å². The van der Waals surface area contributed by atoms with Crippen LogP contribution in [-0.4, -0.2) is 5.60 Å². The van der Waals surface area contributed by atoms with Gasteiger partial charge < -0.3 is 9.47 Å². The van der Waals surface area contributed by atoms with Gasteiger partial charge in [-0.05, 0) is 32.1 Å². The van der Waals surface area contributed by atoms with Crippen LogP contribution in [0.1, 0.15) is 80.4 Å². The summed E-state index contributed by atoms with van der Waals surface area (Å²) in [6.07, 6.45) is 4.29. The lowest BCUT2D eigenvalue weighted by Gasteiger charge is -2.38. The molecule has 2 aliphatic heterocycles. The highest BCUT2D eigenvalue weighted by Crippen LogP contribution is 2.53. The fourth-order valence-corrected chi connectivity index (χ4v) is 3.08. The van der Waals surface area contributed by atoms with Crippen molar-refractivity contribution < 1.29 is 9.47 Å². The Hall–Kier alpha value is -2.06. The van der Waals surface area contributed by atoms with E-state index in [9.17, 15) is 0 Å². The van der Waals surface area contributed by atoms with Crippen LogP contribution in [0.2, 0.25) is 0 Å². The Balaban J connectivity index is 0.000000818. The van der Waals surface area contributed by atoms with Crippen LogP contribution in [0.5, 0.6) is 11.5 Å². The van der Waals surface area contributed by atoms with E-state index in [-0.39, 0.29) is 5.60 Å². The molecule has 2 nitrogen and oxygen atoms in total. The highest BCUT2D eigenvalue weighted by Gasteiger charge is 2.47. The van der Waals surface area contributed by atoms with Crippen LogP contribution >= 0.6 is 0 Å². The first-order chi connectivity index (χ1) is 13.6. The maximum absolute atomic E-state index is 6.44. The molecular weight excluding hydrogens is 344 g/mol. The minimum atomic E-state index is -0.533. The number of benzene rings is 2. The molecule has 0 N–H and O–H groups in total. The third-order valence-corrected chi connectivity index (χ3v) is 3.94. The highest BCUT2D eigenvalue weighted by molar-refractivity contribution is 5.59. The lowest BCUT2D eigenvalue weighted by atomic mass is 9.83. The largest absolute Gasteiger partial charge is 0.457 e. The SMILES string of the molecule is CC.CC.CC.CC.CC1(C)C=CC2(O1)c1ccccc1Oc1ccccc12. The number of rotatable bonds is 0. The first-order valence-corrected chi connectivity index (χ1v) is 10.9. The molecule has 0 unspecified atom stereocenters. The molecule has 2 heterocycles. The van der Waals surface area contributed by atoms with Gasteiger partial charge in [0.05, 0.1) is 5.60 Å². The van der Waals surface area contributed by atoms with Gasteiger partial charge in [0.25, 0.3) is 0 Å². The summed E-state index contributed by atoms with van der Waals surface area (Å²) < 4.78 is 12.5. The van der Waals surface area contributed by atoms with E-state index in [2.05, 4.69) is 38.1 Å². The van der Waals surface area contributed by atoms with Crippen LogP contribution in [0.3, 0.4) is 0 Å². The molecule has 2 heteroatoms. The van der Waals surface area contributed by atoms with E-state index in [0.717, 1.165) is 22.6 Å². The van der Waals surface area contributed by atoms with E-state index < -0.39 is 5.60 Å². The molecule has 4 rings (SSSR count). The molecule has 0 amide bonds. The van der Waals surface area contributed by atoms with Crippen molar-refractivity contribution in [3.63, 3.8) is 0 Å². The van der Waals surface area contributed by atoms with Crippen LogP contribution in [0, 0.1) is 0 Å². The molecule has 156 valence electrons. The Morgan fingerprint density at radius 3 is 1.32 bits per heavy atom. The molecule has 0 radical (unpaired) electrons. The molecule has 2 aromatic rings. The van der Waals surface area contributed by atoms with Crippen LogP contribution in [0.15, 0.2) is 60.7 Å². The Morgan fingerprint density at radius 2 is 0.964 bits per heavy atom. The van der Waals surface area contributed by atoms with Gasteiger partial charge in [-0.15, -0.1) is 0 Å². The molecule has 1 spiro atoms. The summed E-state index contributed by atoms with van der Waals surface area (Å²) >= 11 is 0. The molecule has 0 fully saturated rings. The summed E-state index contributed by atoms with van der Waals surface area (Å²) in [6.45, 7) is 20.2. The lowest BCUT2D eigenvalue weighted by molar-refractivity contribution is -0.0539. The average Bonchev–Trinajstić information content (AvgIpc) is 3.10. The number of para-hydroxylation sites is 2. The Morgan fingerprint density at radius 1 is 0.571 bits per heavy atom. The van der Waals surface area contributed by atoms with E-state index >= 15 is 0 Å². The smallest absolute Gasteiger partial charge is 0.145 e. The van der Waals surface area contributed by atoms with Gasteiger partial charge in [0, 0.05) is 11.1 Å². The number of ether oxygens (including phenoxy) is 2. The fourth-order valence-electron chi connectivity index (χ4n) is 3.08. The van der Waals surface area contributed by atoms with Crippen molar-refractivity contribution in [2.45, 2.75) is 80.4 Å². The van der Waals surface area contributed by atoms with Gasteiger partial charge in [-0.3, -0.25) is 0 Å². The van der Waals surface area contributed by atoms with Gasteiger partial charge in [0.15, 0.2) is 0 Å². The zero-order valence-corrected chi connectivity index (χ0v) is 19.6.